The van der Waals surface area contributed by atoms with Gasteiger partial charge in [0.05, 0.1) is 5.69 Å². The van der Waals surface area contributed by atoms with Crippen LogP contribution in [-0.4, -0.2) is 24.1 Å². The zero-order valence-corrected chi connectivity index (χ0v) is 12.8. The quantitative estimate of drug-likeness (QED) is 0.908. The minimum absolute atomic E-state index is 0.519. The van der Waals surface area contributed by atoms with Crippen LogP contribution < -0.4 is 10.2 Å². The van der Waals surface area contributed by atoms with Crippen molar-refractivity contribution >= 4 is 16.5 Å². The molecule has 2 rings (SSSR count). The van der Waals surface area contributed by atoms with Crippen molar-refractivity contribution in [3.8, 4) is 0 Å². The molecule has 0 saturated carbocycles. The molecule has 2 atom stereocenters. The molecule has 0 bridgehead atoms. The molecule has 0 amide bonds. The third kappa shape index (κ3) is 3.69. The van der Waals surface area contributed by atoms with E-state index in [0.29, 0.717) is 6.04 Å². The zero-order chi connectivity index (χ0) is 13.1. The Kier molecular flexibility index (Phi) is 4.62. The van der Waals surface area contributed by atoms with Crippen molar-refractivity contribution in [2.24, 2.45) is 11.8 Å². The summed E-state index contributed by atoms with van der Waals surface area (Å²) in [5.41, 5.74) is 1.18. The minimum Gasteiger partial charge on any atom is -0.348 e. The lowest BCUT2D eigenvalue weighted by Gasteiger charge is -2.34. The van der Waals surface area contributed by atoms with Gasteiger partial charge >= 0.3 is 0 Å². The first-order valence-electron chi connectivity index (χ1n) is 6.97. The van der Waals surface area contributed by atoms with Gasteiger partial charge in [-0.05, 0) is 18.3 Å². The highest BCUT2D eigenvalue weighted by atomic mass is 32.1. The number of piperidine rings is 1. The summed E-state index contributed by atoms with van der Waals surface area (Å²) in [7, 11) is 0. The normalized spacial score (nSPS) is 24.8. The van der Waals surface area contributed by atoms with E-state index in [2.05, 4.69) is 43.3 Å². The first-order valence-corrected chi connectivity index (χ1v) is 7.85. The number of rotatable bonds is 4. The van der Waals surface area contributed by atoms with Crippen LogP contribution in [0.5, 0.6) is 0 Å². The van der Waals surface area contributed by atoms with E-state index in [9.17, 15) is 0 Å². The fourth-order valence-corrected chi connectivity index (χ4v) is 3.50. The third-order valence-electron chi connectivity index (χ3n) is 3.37. The van der Waals surface area contributed by atoms with E-state index in [1.807, 2.05) is 0 Å². The summed E-state index contributed by atoms with van der Waals surface area (Å²) in [6.45, 7) is 12.2. The molecular weight excluding hydrogens is 242 g/mol. The van der Waals surface area contributed by atoms with Crippen LogP contribution in [0, 0.1) is 11.8 Å². The second-order valence-electron chi connectivity index (χ2n) is 6.01. The SMILES string of the molecule is CC1CC(C)CN(c2nc(CNC(C)C)cs2)C1. The van der Waals surface area contributed by atoms with Gasteiger partial charge in [-0.3, -0.25) is 0 Å². The van der Waals surface area contributed by atoms with Gasteiger partial charge in [-0.15, -0.1) is 11.3 Å². The first kappa shape index (κ1) is 13.8. The molecule has 1 aromatic rings. The lowest BCUT2D eigenvalue weighted by molar-refractivity contribution is 0.356. The molecule has 1 aliphatic heterocycles. The number of nitrogens with one attached hydrogen (secondary N) is 1. The molecule has 3 nitrogen and oxygen atoms in total. The number of hydrogen-bond donors (Lipinski definition) is 1. The van der Waals surface area contributed by atoms with Crippen LogP contribution in [0.4, 0.5) is 5.13 Å². The summed E-state index contributed by atoms with van der Waals surface area (Å²) in [5, 5.41) is 6.81. The van der Waals surface area contributed by atoms with E-state index in [-0.39, 0.29) is 0 Å². The fourth-order valence-electron chi connectivity index (χ4n) is 2.65. The molecule has 1 N–H and O–H groups in total. The topological polar surface area (TPSA) is 28.2 Å². The van der Waals surface area contributed by atoms with Gasteiger partial charge in [0, 0.05) is 31.1 Å². The average molecular weight is 267 g/mol. The van der Waals surface area contributed by atoms with E-state index in [0.717, 1.165) is 31.5 Å². The van der Waals surface area contributed by atoms with Gasteiger partial charge in [-0.1, -0.05) is 27.7 Å². The lowest BCUT2D eigenvalue weighted by Crippen LogP contribution is -2.38. The highest BCUT2D eigenvalue weighted by molar-refractivity contribution is 7.13. The van der Waals surface area contributed by atoms with Crippen LogP contribution in [-0.2, 0) is 6.54 Å². The monoisotopic (exact) mass is 267 g/mol. The number of aromatic nitrogens is 1. The lowest BCUT2D eigenvalue weighted by atomic mass is 9.92. The van der Waals surface area contributed by atoms with Crippen LogP contribution in [0.2, 0.25) is 0 Å². The predicted octanol–water partition coefficient (Wildman–Crippen LogP) is 3.12. The van der Waals surface area contributed by atoms with Crippen molar-refractivity contribution in [1.82, 2.24) is 10.3 Å². The third-order valence-corrected chi connectivity index (χ3v) is 4.32. The minimum atomic E-state index is 0.519. The van der Waals surface area contributed by atoms with Crippen molar-refractivity contribution in [2.45, 2.75) is 46.7 Å². The highest BCUT2D eigenvalue weighted by Gasteiger charge is 2.23. The number of hydrogen-bond acceptors (Lipinski definition) is 4. The molecule has 18 heavy (non-hydrogen) atoms. The summed E-state index contributed by atoms with van der Waals surface area (Å²) >= 11 is 1.79. The van der Waals surface area contributed by atoms with Crippen LogP contribution >= 0.6 is 11.3 Å². The number of nitrogens with zero attached hydrogens (tertiary/aromatic N) is 2. The summed E-state index contributed by atoms with van der Waals surface area (Å²) < 4.78 is 0. The Bertz CT molecular complexity index is 365. The molecule has 0 aromatic carbocycles. The molecule has 102 valence electrons. The maximum Gasteiger partial charge on any atom is 0.185 e. The summed E-state index contributed by atoms with van der Waals surface area (Å²) in [4.78, 5) is 7.22. The van der Waals surface area contributed by atoms with Crippen molar-refractivity contribution in [3.63, 3.8) is 0 Å². The fraction of sp³-hybridized carbons (Fsp3) is 0.786. The average Bonchev–Trinajstić information content (AvgIpc) is 2.73. The Labute approximate surface area is 115 Å². The van der Waals surface area contributed by atoms with Crippen LogP contribution in [0.15, 0.2) is 5.38 Å². The molecule has 1 aliphatic rings. The number of anilines is 1. The molecule has 1 fully saturated rings. The van der Waals surface area contributed by atoms with E-state index >= 15 is 0 Å². The van der Waals surface area contributed by atoms with Crippen LogP contribution in [0.25, 0.3) is 0 Å². The largest absolute Gasteiger partial charge is 0.348 e. The second kappa shape index (κ2) is 6.02. The van der Waals surface area contributed by atoms with Gasteiger partial charge in [0.25, 0.3) is 0 Å². The Morgan fingerprint density at radius 2 is 2.06 bits per heavy atom. The molecule has 4 heteroatoms. The zero-order valence-electron chi connectivity index (χ0n) is 11.9. The first-order chi connectivity index (χ1) is 8.54. The van der Waals surface area contributed by atoms with Gasteiger partial charge in [-0.25, -0.2) is 4.98 Å². The predicted molar refractivity (Wildman–Crippen MR) is 79.2 cm³/mol. The van der Waals surface area contributed by atoms with Gasteiger partial charge < -0.3 is 10.2 Å². The molecule has 2 unspecified atom stereocenters. The molecule has 0 spiro atoms. The number of thiazole rings is 1. The maximum atomic E-state index is 4.76. The van der Waals surface area contributed by atoms with Crippen molar-refractivity contribution < 1.29 is 0 Å². The Morgan fingerprint density at radius 1 is 1.39 bits per heavy atom. The highest BCUT2D eigenvalue weighted by Crippen LogP contribution is 2.28. The Morgan fingerprint density at radius 3 is 2.67 bits per heavy atom. The molecule has 2 heterocycles. The maximum absolute atomic E-state index is 4.76. The van der Waals surface area contributed by atoms with Crippen LogP contribution in [0.3, 0.4) is 0 Å². The van der Waals surface area contributed by atoms with E-state index in [1.165, 1.54) is 17.2 Å². The summed E-state index contributed by atoms with van der Waals surface area (Å²) in [6.07, 6.45) is 1.35. The van der Waals surface area contributed by atoms with Gasteiger partial charge in [0.2, 0.25) is 0 Å². The van der Waals surface area contributed by atoms with Crippen molar-refractivity contribution in [1.29, 1.82) is 0 Å². The van der Waals surface area contributed by atoms with E-state index in [4.69, 9.17) is 4.98 Å². The molecule has 1 aromatic heterocycles. The molecule has 1 saturated heterocycles. The Balaban J connectivity index is 1.96. The summed E-state index contributed by atoms with van der Waals surface area (Å²) in [6, 6.07) is 0.519. The van der Waals surface area contributed by atoms with Crippen LogP contribution in [0.1, 0.15) is 39.8 Å². The molecule has 0 radical (unpaired) electrons. The van der Waals surface area contributed by atoms with Gasteiger partial charge in [0.1, 0.15) is 0 Å². The molecular formula is C14H25N3S. The van der Waals surface area contributed by atoms with Gasteiger partial charge in [-0.2, -0.15) is 0 Å². The second-order valence-corrected chi connectivity index (χ2v) is 6.84. The summed E-state index contributed by atoms with van der Waals surface area (Å²) in [5.74, 6) is 1.57. The standard InChI is InChI=1S/C14H25N3S/c1-10(2)15-6-13-9-18-14(16-13)17-7-11(3)5-12(4)8-17/h9-12,15H,5-8H2,1-4H3. The van der Waals surface area contributed by atoms with Gasteiger partial charge in [0.15, 0.2) is 5.13 Å². The van der Waals surface area contributed by atoms with Crippen molar-refractivity contribution in [3.05, 3.63) is 11.1 Å². The van der Waals surface area contributed by atoms with E-state index < -0.39 is 0 Å². The smallest absolute Gasteiger partial charge is 0.185 e. The molecule has 0 aliphatic carbocycles. The van der Waals surface area contributed by atoms with Crippen molar-refractivity contribution in [2.75, 3.05) is 18.0 Å². The van der Waals surface area contributed by atoms with E-state index in [1.54, 1.807) is 11.3 Å². The Hall–Kier alpha value is -0.610.